The van der Waals surface area contributed by atoms with Crippen LogP contribution in [0.15, 0.2) is 134 Å². The van der Waals surface area contributed by atoms with Gasteiger partial charge in [0.15, 0.2) is 28.6 Å². The number of Topliss-reactive ketones (excluding diaryl/α,β-unsaturated/α-hetero) is 3. The summed E-state index contributed by atoms with van der Waals surface area (Å²) in [6.45, 7) is 3.71. The van der Waals surface area contributed by atoms with E-state index in [-0.39, 0.29) is 68.2 Å². The molecule has 2 aromatic heterocycles. The first-order valence-electron chi connectivity index (χ1n) is 25.0. The van der Waals surface area contributed by atoms with Gasteiger partial charge in [-0.3, -0.25) is 24.4 Å². The van der Waals surface area contributed by atoms with Gasteiger partial charge >= 0.3 is 12.4 Å². The molecule has 0 aliphatic heterocycles. The molecule has 0 amide bonds. The third-order valence-corrected chi connectivity index (χ3v) is 16.8. The van der Waals surface area contributed by atoms with Crippen LogP contribution >= 0.6 is 0 Å². The van der Waals surface area contributed by atoms with E-state index in [0.29, 0.717) is 47.9 Å². The molecule has 2 heterocycles. The summed E-state index contributed by atoms with van der Waals surface area (Å²) < 4.78 is 82.8. The number of carbonyl (C=O) groups excluding carboxylic acids is 3. The van der Waals surface area contributed by atoms with Gasteiger partial charge in [-0.2, -0.15) is 26.3 Å². The van der Waals surface area contributed by atoms with E-state index < -0.39 is 53.1 Å². The molecule has 2 N–H and O–H groups in total. The van der Waals surface area contributed by atoms with Crippen LogP contribution in [0.25, 0.3) is 0 Å². The van der Waals surface area contributed by atoms with Crippen molar-refractivity contribution < 1.29 is 50.9 Å². The van der Waals surface area contributed by atoms with E-state index in [9.17, 15) is 50.9 Å². The average molecular weight is 1000 g/mol. The molecule has 0 saturated heterocycles. The number of hydrogen-bond donors (Lipinski definition) is 2. The Hall–Kier alpha value is -6.31. The van der Waals surface area contributed by atoms with Crippen molar-refractivity contribution in [1.82, 2.24) is 9.97 Å². The van der Waals surface area contributed by atoms with Crippen LogP contribution < -0.4 is 0 Å². The first-order chi connectivity index (χ1) is 34.6. The maximum absolute atomic E-state index is 13.8. The molecule has 4 aliphatic carbocycles. The van der Waals surface area contributed by atoms with E-state index in [4.69, 9.17) is 0 Å². The molecule has 0 unspecified atom stereocenters. The summed E-state index contributed by atoms with van der Waals surface area (Å²) in [4.78, 5) is 48.0. The number of pyridine rings is 2. The van der Waals surface area contributed by atoms with E-state index in [0.717, 1.165) is 44.8 Å². The number of fused-ring (bicyclic) bond motifs is 6. The zero-order valence-corrected chi connectivity index (χ0v) is 40.8. The number of ketones is 3. The van der Waals surface area contributed by atoms with Crippen molar-refractivity contribution in [3.63, 3.8) is 0 Å². The molecule has 10 rings (SSSR count). The van der Waals surface area contributed by atoms with Crippen LogP contribution in [0, 0.1) is 25.7 Å². The van der Waals surface area contributed by atoms with Crippen molar-refractivity contribution in [2.24, 2.45) is 11.8 Å². The number of rotatable bonds is 10. The summed E-state index contributed by atoms with van der Waals surface area (Å²) in [6, 6.07) is 37.5. The molecule has 0 spiro atoms. The number of alkyl halides is 6. The molecule has 13 heteroatoms. The van der Waals surface area contributed by atoms with E-state index in [2.05, 4.69) is 9.97 Å². The minimum atomic E-state index is -4.77. The molecule has 2 saturated carbocycles. The van der Waals surface area contributed by atoms with Crippen LogP contribution in [-0.2, 0) is 42.9 Å². The van der Waals surface area contributed by atoms with Crippen LogP contribution in [0.4, 0.5) is 26.3 Å². The van der Waals surface area contributed by atoms with Crippen LogP contribution in [0.1, 0.15) is 133 Å². The molecule has 2 fully saturated rings. The smallest absolute Gasteiger partial charge is 0.380 e. The predicted molar refractivity (Wildman–Crippen MR) is 265 cm³/mol. The van der Waals surface area contributed by atoms with Crippen LogP contribution in [0.5, 0.6) is 0 Å². The Bertz CT molecular complexity index is 3030. The quantitative estimate of drug-likeness (QED) is 0.104. The minimum Gasteiger partial charge on any atom is -0.380 e. The fourth-order valence-corrected chi connectivity index (χ4v) is 12.6. The summed E-state index contributed by atoms with van der Waals surface area (Å²) in [5.41, 5.74) is 2.75. The SMILES string of the molecule is Cc1ncccc1CC(=O)c1ccc2c(c1)C(=O)C[C@@H]1C[C@@](O)(C(F)(F)F)CC[C@@]21Cc1ccccc1.Cc1ncccc1CC(=O)c1ccc2c(c1)CC[C@@H]1C[C@@](O)(C(F)(F)F)CC[C@@]21Cc1ccccc1. The summed E-state index contributed by atoms with van der Waals surface area (Å²) >= 11 is 0. The fraction of sp³-hybridized carbons (Fsp3) is 0.383. The fourth-order valence-electron chi connectivity index (χ4n) is 12.6. The van der Waals surface area contributed by atoms with Gasteiger partial charge in [0, 0.05) is 70.6 Å². The van der Waals surface area contributed by atoms with E-state index in [1.165, 1.54) is 0 Å². The molecule has 6 atom stereocenters. The Kier molecular flexibility index (Phi) is 14.0. The topological polar surface area (TPSA) is 117 Å². The van der Waals surface area contributed by atoms with Crippen LogP contribution in [0.3, 0.4) is 0 Å². The summed E-state index contributed by atoms with van der Waals surface area (Å²) in [6.07, 6.45) is -4.76. The summed E-state index contributed by atoms with van der Waals surface area (Å²) in [5.74, 6) is -1.41. The van der Waals surface area contributed by atoms with Gasteiger partial charge in [0.1, 0.15) is 0 Å². The highest BCUT2D eigenvalue weighted by Gasteiger charge is 2.63. The number of hydrogen-bond acceptors (Lipinski definition) is 7. The van der Waals surface area contributed by atoms with Gasteiger partial charge in [-0.1, -0.05) is 97.1 Å². The number of carbonyl (C=O) groups is 3. The summed E-state index contributed by atoms with van der Waals surface area (Å²) in [5, 5.41) is 21.1. The second kappa shape index (κ2) is 19.8. The third kappa shape index (κ3) is 10.1. The molecule has 4 aliphatic rings. The lowest BCUT2D eigenvalue weighted by Gasteiger charge is -2.53. The highest BCUT2D eigenvalue weighted by atomic mass is 19.4. The lowest BCUT2D eigenvalue weighted by molar-refractivity contribution is -0.279. The van der Waals surface area contributed by atoms with Gasteiger partial charge in [-0.15, -0.1) is 0 Å². The predicted octanol–water partition coefficient (Wildman–Crippen LogP) is 12.3. The number of nitrogens with zero attached hydrogens (tertiary/aromatic N) is 2. The maximum Gasteiger partial charge on any atom is 0.417 e. The van der Waals surface area contributed by atoms with Crippen molar-refractivity contribution in [2.45, 2.75) is 132 Å². The number of benzene rings is 4. The number of aromatic nitrogens is 2. The standard InChI is InChI=1S/C30H28F3NO3.C30H30F3NO2/c1-19-21(8-5-13-34-19)15-26(35)22-9-10-25-24(14-22)27(36)16-23-18-29(37,30(31,32)33)12-11-28(23,25)17-20-6-3-2-4-7-20;1-20-22(8-5-15-34-20)17-27(35)24-10-12-26-23(16-24)9-11-25-19-29(36,30(31,32)33)14-13-28(25,26)18-21-6-3-2-4-7-21/h2-10,13-14,23,37H,11-12,15-18H2,1H3;2-8,10,12,15-16,25,36H,9,11,13-14,17-19H2,1H3/t23-,28+,29-;25-,28+,29-/m11/s1. The van der Waals surface area contributed by atoms with Crippen LogP contribution in [-0.4, -0.2) is 61.1 Å². The molecule has 0 radical (unpaired) electrons. The lowest BCUT2D eigenvalue weighted by atomic mass is 9.52. The summed E-state index contributed by atoms with van der Waals surface area (Å²) in [7, 11) is 0. The Labute approximate surface area is 421 Å². The van der Waals surface area contributed by atoms with Crippen molar-refractivity contribution >= 4 is 17.3 Å². The average Bonchev–Trinajstić information content (AvgIpc) is 3.36. The van der Waals surface area contributed by atoms with Gasteiger partial charge < -0.3 is 10.2 Å². The Morgan fingerprint density at radius 2 is 1.05 bits per heavy atom. The van der Waals surface area contributed by atoms with Crippen molar-refractivity contribution in [1.29, 1.82) is 0 Å². The Balaban J connectivity index is 0.000000180. The Morgan fingerprint density at radius 3 is 1.55 bits per heavy atom. The van der Waals surface area contributed by atoms with Gasteiger partial charge in [-0.05, 0) is 153 Å². The molecule has 73 heavy (non-hydrogen) atoms. The largest absolute Gasteiger partial charge is 0.417 e. The molecule has 0 bridgehead atoms. The van der Waals surface area contributed by atoms with Crippen molar-refractivity contribution in [3.05, 3.63) is 201 Å². The second-order valence-electron chi connectivity index (χ2n) is 21.0. The minimum absolute atomic E-state index is 0.00298. The number of aryl methyl sites for hydroxylation is 3. The van der Waals surface area contributed by atoms with Crippen molar-refractivity contribution in [3.8, 4) is 0 Å². The zero-order chi connectivity index (χ0) is 52.0. The van der Waals surface area contributed by atoms with Gasteiger partial charge in [-0.25, -0.2) is 0 Å². The first-order valence-corrected chi connectivity index (χ1v) is 25.0. The lowest BCUT2D eigenvalue weighted by Crippen LogP contribution is -2.57. The van der Waals surface area contributed by atoms with Crippen molar-refractivity contribution in [2.75, 3.05) is 0 Å². The normalized spacial score (nSPS) is 25.5. The van der Waals surface area contributed by atoms with E-state index in [1.54, 1.807) is 36.7 Å². The third-order valence-electron chi connectivity index (χ3n) is 16.8. The highest BCUT2D eigenvalue weighted by molar-refractivity contribution is 6.04. The van der Waals surface area contributed by atoms with E-state index in [1.807, 2.05) is 111 Å². The van der Waals surface area contributed by atoms with Gasteiger partial charge in [0.05, 0.1) is 0 Å². The zero-order valence-electron chi connectivity index (χ0n) is 40.8. The molecule has 380 valence electrons. The molecule has 7 nitrogen and oxygen atoms in total. The number of halogens is 6. The second-order valence-corrected chi connectivity index (χ2v) is 21.0. The molecular weight excluding hydrogens is 943 g/mol. The maximum atomic E-state index is 13.8. The first kappa shape index (κ1) is 51.6. The highest BCUT2D eigenvalue weighted by Crippen LogP contribution is 2.59. The monoisotopic (exact) mass is 1000 g/mol. The van der Waals surface area contributed by atoms with E-state index >= 15 is 0 Å². The molecule has 6 aromatic rings. The van der Waals surface area contributed by atoms with Gasteiger partial charge in [0.2, 0.25) is 0 Å². The Morgan fingerprint density at radius 1 is 0.589 bits per heavy atom. The molecular formula is C60H58F6N2O5. The van der Waals surface area contributed by atoms with Gasteiger partial charge in [0.25, 0.3) is 0 Å². The van der Waals surface area contributed by atoms with Crippen LogP contribution in [0.2, 0.25) is 0 Å². The number of aliphatic hydroxyl groups is 2. The molecule has 4 aromatic carbocycles.